The molecule has 3 N–H and O–H groups in total. The first-order chi connectivity index (χ1) is 10.1. The Labute approximate surface area is 131 Å². The summed E-state index contributed by atoms with van der Waals surface area (Å²) in [7, 11) is 1.74. The monoisotopic (exact) mass is 351 g/mol. The predicted molar refractivity (Wildman–Crippen MR) is 86.4 cm³/mol. The van der Waals surface area contributed by atoms with Gasteiger partial charge in [-0.3, -0.25) is 14.6 Å². The molecule has 2 heterocycles. The van der Waals surface area contributed by atoms with Gasteiger partial charge in [-0.05, 0) is 37.0 Å². The second kappa shape index (κ2) is 5.69. The molecule has 0 aliphatic carbocycles. The van der Waals surface area contributed by atoms with Crippen molar-refractivity contribution < 1.29 is 4.74 Å². The van der Waals surface area contributed by atoms with Crippen LogP contribution in [0, 0.1) is 0 Å². The van der Waals surface area contributed by atoms with Crippen molar-refractivity contribution >= 4 is 21.6 Å². The highest BCUT2D eigenvalue weighted by Crippen LogP contribution is 2.35. The van der Waals surface area contributed by atoms with E-state index in [0.717, 1.165) is 34.1 Å². The number of rotatable bonds is 2. The molecule has 0 radical (unpaired) electrons. The van der Waals surface area contributed by atoms with Crippen LogP contribution in [-0.2, 0) is 11.8 Å². The van der Waals surface area contributed by atoms with Gasteiger partial charge in [0.25, 0.3) is 5.56 Å². The van der Waals surface area contributed by atoms with Crippen molar-refractivity contribution in [3.05, 3.63) is 38.6 Å². The van der Waals surface area contributed by atoms with Gasteiger partial charge in [0.1, 0.15) is 0 Å². The van der Waals surface area contributed by atoms with Crippen molar-refractivity contribution in [1.82, 2.24) is 9.78 Å². The van der Waals surface area contributed by atoms with Gasteiger partial charge in [-0.25, -0.2) is 0 Å². The summed E-state index contributed by atoms with van der Waals surface area (Å²) in [6.45, 7) is 1.40. The number of aromatic amines is 1. The number of nitrogens with two attached hydrogens (primary N) is 1. The summed E-state index contributed by atoms with van der Waals surface area (Å²) >= 11 is 3.47. The van der Waals surface area contributed by atoms with Crippen molar-refractivity contribution in [2.24, 2.45) is 7.05 Å². The lowest BCUT2D eigenvalue weighted by Crippen LogP contribution is -2.22. The highest BCUT2D eigenvalue weighted by molar-refractivity contribution is 9.10. The van der Waals surface area contributed by atoms with Gasteiger partial charge >= 0.3 is 0 Å². The fraction of sp³-hybridized carbons (Fsp3) is 0.400. The topological polar surface area (TPSA) is 73.0 Å². The predicted octanol–water partition coefficient (Wildman–Crippen LogP) is 2.62. The molecule has 0 spiro atoms. The first-order valence-corrected chi connectivity index (χ1v) is 7.79. The number of nitrogens with zero attached hydrogens (tertiary/aromatic N) is 1. The van der Waals surface area contributed by atoms with Crippen molar-refractivity contribution in [3.8, 4) is 11.3 Å². The molecule has 1 fully saturated rings. The molecule has 1 aromatic carbocycles. The Bertz CT molecular complexity index is 714. The Kier molecular flexibility index (Phi) is 3.91. The zero-order valence-electron chi connectivity index (χ0n) is 11.9. The number of nitrogen functional groups attached to an aromatic ring is 1. The summed E-state index contributed by atoms with van der Waals surface area (Å²) in [5.41, 5.74) is 9.30. The number of nitrogens with one attached hydrogen (secondary N) is 1. The molecule has 21 heavy (non-hydrogen) atoms. The Morgan fingerprint density at radius 3 is 2.81 bits per heavy atom. The maximum atomic E-state index is 12.5. The van der Waals surface area contributed by atoms with Crippen LogP contribution in [0.4, 0.5) is 5.69 Å². The molecule has 1 saturated heterocycles. The summed E-state index contributed by atoms with van der Waals surface area (Å²) in [6.07, 6.45) is 1.74. The molecule has 0 saturated carbocycles. The fourth-order valence-electron chi connectivity index (χ4n) is 2.88. The van der Waals surface area contributed by atoms with Crippen LogP contribution in [0.25, 0.3) is 11.3 Å². The highest BCUT2D eigenvalue weighted by atomic mass is 79.9. The van der Waals surface area contributed by atoms with Crippen LogP contribution < -0.4 is 11.3 Å². The molecule has 6 heteroatoms. The minimum Gasteiger partial charge on any atom is -0.398 e. The van der Waals surface area contributed by atoms with Crippen LogP contribution in [0.15, 0.2) is 27.5 Å². The van der Waals surface area contributed by atoms with Crippen molar-refractivity contribution in [1.29, 1.82) is 0 Å². The van der Waals surface area contributed by atoms with Gasteiger partial charge in [0, 0.05) is 41.5 Å². The average molecular weight is 352 g/mol. The first-order valence-electron chi connectivity index (χ1n) is 7.00. The summed E-state index contributed by atoms with van der Waals surface area (Å²) in [5, 5.41) is 3.16. The second-order valence-electron chi connectivity index (χ2n) is 5.38. The molecule has 0 atom stereocenters. The molecule has 2 aromatic rings. The lowest BCUT2D eigenvalue weighted by molar-refractivity contribution is 0.0852. The molecule has 0 unspecified atom stereocenters. The molecule has 1 aromatic heterocycles. The normalized spacial score (nSPS) is 16.3. The third-order valence-electron chi connectivity index (χ3n) is 4.00. The van der Waals surface area contributed by atoms with Crippen LogP contribution in [-0.4, -0.2) is 23.0 Å². The number of aromatic nitrogens is 2. The Morgan fingerprint density at radius 2 is 2.10 bits per heavy atom. The van der Waals surface area contributed by atoms with Crippen LogP contribution in [0.5, 0.6) is 0 Å². The summed E-state index contributed by atoms with van der Waals surface area (Å²) in [6, 6.07) is 5.69. The molecule has 0 bridgehead atoms. The van der Waals surface area contributed by atoms with Gasteiger partial charge in [0.2, 0.25) is 0 Å². The van der Waals surface area contributed by atoms with Gasteiger partial charge in [-0.2, -0.15) is 0 Å². The SMILES string of the molecule is Cn1[nH]c(-c2cc(Br)ccc2N)c(C2CCOCC2)c1=O. The van der Waals surface area contributed by atoms with Crippen molar-refractivity contribution in [3.63, 3.8) is 0 Å². The van der Waals surface area contributed by atoms with Crippen LogP contribution in [0.2, 0.25) is 0 Å². The van der Waals surface area contributed by atoms with Gasteiger partial charge in [-0.1, -0.05) is 15.9 Å². The molecular weight excluding hydrogens is 334 g/mol. The van der Waals surface area contributed by atoms with E-state index in [0.29, 0.717) is 18.9 Å². The number of hydrogen-bond acceptors (Lipinski definition) is 3. The van der Waals surface area contributed by atoms with E-state index in [1.54, 1.807) is 7.05 Å². The molecule has 3 rings (SSSR count). The van der Waals surface area contributed by atoms with E-state index in [9.17, 15) is 4.79 Å². The smallest absolute Gasteiger partial charge is 0.270 e. The quantitative estimate of drug-likeness (QED) is 0.816. The van der Waals surface area contributed by atoms with E-state index in [2.05, 4.69) is 21.0 Å². The summed E-state index contributed by atoms with van der Waals surface area (Å²) in [5.74, 6) is 0.220. The largest absolute Gasteiger partial charge is 0.398 e. The third kappa shape index (κ3) is 2.65. The average Bonchev–Trinajstić information content (AvgIpc) is 2.78. The molecule has 1 aliphatic heterocycles. The lowest BCUT2D eigenvalue weighted by atomic mass is 9.89. The van der Waals surface area contributed by atoms with Crippen LogP contribution >= 0.6 is 15.9 Å². The van der Waals surface area contributed by atoms with Crippen molar-refractivity contribution in [2.45, 2.75) is 18.8 Å². The van der Waals surface area contributed by atoms with E-state index in [-0.39, 0.29) is 11.5 Å². The van der Waals surface area contributed by atoms with Gasteiger partial charge in [0.05, 0.1) is 5.69 Å². The van der Waals surface area contributed by atoms with Gasteiger partial charge in [0.15, 0.2) is 0 Å². The standard InChI is InChI=1S/C15H18BrN3O2/c1-19-15(20)13(9-4-6-21-7-5-9)14(18-19)11-8-10(16)2-3-12(11)17/h2-3,8-9,18H,4-7,17H2,1H3. The second-order valence-corrected chi connectivity index (χ2v) is 6.30. The van der Waals surface area contributed by atoms with Crippen LogP contribution in [0.1, 0.15) is 24.3 Å². The Morgan fingerprint density at radius 1 is 1.38 bits per heavy atom. The first kappa shape index (κ1) is 14.4. The van der Waals surface area contributed by atoms with E-state index >= 15 is 0 Å². The van der Waals surface area contributed by atoms with Crippen molar-refractivity contribution in [2.75, 3.05) is 18.9 Å². The number of hydrogen-bond donors (Lipinski definition) is 2. The zero-order chi connectivity index (χ0) is 15.0. The van der Waals surface area contributed by atoms with Crippen LogP contribution in [0.3, 0.4) is 0 Å². The zero-order valence-corrected chi connectivity index (χ0v) is 13.4. The molecule has 0 amide bonds. The maximum absolute atomic E-state index is 12.5. The molecule has 1 aliphatic rings. The highest BCUT2D eigenvalue weighted by Gasteiger charge is 2.26. The van der Waals surface area contributed by atoms with Gasteiger partial charge < -0.3 is 10.5 Å². The molecule has 112 valence electrons. The number of H-pyrrole nitrogens is 1. The third-order valence-corrected chi connectivity index (χ3v) is 4.49. The lowest BCUT2D eigenvalue weighted by Gasteiger charge is -2.21. The van der Waals surface area contributed by atoms with E-state index in [1.165, 1.54) is 4.68 Å². The number of anilines is 1. The van der Waals surface area contributed by atoms with E-state index < -0.39 is 0 Å². The summed E-state index contributed by atoms with van der Waals surface area (Å²) < 4.78 is 7.87. The minimum absolute atomic E-state index is 0.0243. The number of ether oxygens (including phenoxy) is 1. The fourth-order valence-corrected chi connectivity index (χ4v) is 3.24. The molecule has 5 nitrogen and oxygen atoms in total. The van der Waals surface area contributed by atoms with Gasteiger partial charge in [-0.15, -0.1) is 0 Å². The minimum atomic E-state index is 0.0243. The number of halogens is 1. The van der Waals surface area contributed by atoms with E-state index in [4.69, 9.17) is 10.5 Å². The van der Waals surface area contributed by atoms with E-state index in [1.807, 2.05) is 18.2 Å². The Hall–Kier alpha value is -1.53. The molecular formula is C15H18BrN3O2. The number of benzene rings is 1. The maximum Gasteiger partial charge on any atom is 0.270 e. The number of aryl methyl sites for hydroxylation is 1. The Balaban J connectivity index is 2.16. The summed E-state index contributed by atoms with van der Waals surface area (Å²) in [4.78, 5) is 12.5.